The average Bonchev–Trinajstić information content (AvgIpc) is 1.51. The van der Waals surface area contributed by atoms with E-state index in [2.05, 4.69) is 415 Å². The molecule has 126 heavy (non-hydrogen) atoms. The topological polar surface area (TPSA) is 83.7 Å². The molecule has 7 heterocycles. The highest BCUT2D eigenvalue weighted by Crippen LogP contribution is 2.67. The number of hydrogen-bond donors (Lipinski definition) is 0. The number of rotatable bonds is 5. The lowest BCUT2D eigenvalue weighted by Crippen LogP contribution is -2.32. The number of benzene rings is 18. The second-order valence-corrected chi connectivity index (χ2v) is 34.1. The van der Waals surface area contributed by atoms with Gasteiger partial charge in [0.2, 0.25) is 0 Å². The van der Waals surface area contributed by atoms with Gasteiger partial charge in [-0.1, -0.05) is 387 Å². The Morgan fingerprint density at radius 1 is 0.230 bits per heavy atom. The minimum Gasteiger partial charge on any atom is -0.456 e. The monoisotopic (exact) mass is 1630 g/mol. The number of pyridine rings is 2. The lowest BCUT2D eigenvalue weighted by Gasteiger charge is -2.40. The zero-order valence-electron chi connectivity index (χ0n) is 67.9. The Morgan fingerprint density at radius 2 is 0.611 bits per heavy atom. The third-order valence-corrected chi connectivity index (χ3v) is 28.0. The van der Waals surface area contributed by atoms with Gasteiger partial charge in [-0.05, 0) is 132 Å². The summed E-state index contributed by atoms with van der Waals surface area (Å²) < 4.78 is 22.9. The minimum atomic E-state index is -0.492. The van der Waals surface area contributed by atoms with Crippen LogP contribution in [0.4, 0.5) is 0 Å². The molecular weight excluding hydrogens is 1560 g/mol. The number of hydrogen-bond acceptors (Lipinski definition) is 8. The van der Waals surface area contributed by atoms with Crippen molar-refractivity contribution in [2.45, 2.75) is 16.2 Å². The molecule has 0 bridgehead atoms. The lowest BCUT2D eigenvalue weighted by atomic mass is 9.65. The number of imidazole rings is 1. The van der Waals surface area contributed by atoms with Crippen LogP contribution >= 0.6 is 11.3 Å². The predicted octanol–water partition coefficient (Wildman–Crippen LogP) is 29.3. The Balaban J connectivity index is 0.000000101. The van der Waals surface area contributed by atoms with Crippen molar-refractivity contribution in [2.24, 2.45) is 0 Å². The highest BCUT2D eigenvalue weighted by atomic mass is 32.1. The van der Waals surface area contributed by atoms with Gasteiger partial charge in [0, 0.05) is 77.4 Å². The first-order valence-corrected chi connectivity index (χ1v) is 43.7. The van der Waals surface area contributed by atoms with Crippen LogP contribution in [0.15, 0.2) is 431 Å². The van der Waals surface area contributed by atoms with E-state index in [-0.39, 0.29) is 0 Å². The molecule has 0 saturated carbocycles. The molecule has 18 aromatic carbocycles. The molecule has 4 aromatic heterocycles. The number of aromatic nitrogens is 5. The Kier molecular flexibility index (Phi) is 15.9. The van der Waals surface area contributed by atoms with Gasteiger partial charge in [0.1, 0.15) is 45.2 Å². The molecule has 0 saturated heterocycles. The molecule has 0 N–H and O–H groups in total. The van der Waals surface area contributed by atoms with Gasteiger partial charge in [-0.15, -0.1) is 10.2 Å². The molecule has 0 amide bonds. The maximum atomic E-state index is 6.98. The number of fused-ring (bicyclic) bond motifs is 36. The van der Waals surface area contributed by atoms with Crippen molar-refractivity contribution in [1.29, 1.82) is 0 Å². The third kappa shape index (κ3) is 10.2. The molecule has 0 unspecified atom stereocenters. The van der Waals surface area contributed by atoms with Crippen LogP contribution in [0, 0.1) is 0 Å². The van der Waals surface area contributed by atoms with Gasteiger partial charge in [0.05, 0.1) is 49.6 Å². The quantitative estimate of drug-likeness (QED) is 0.159. The van der Waals surface area contributed by atoms with Gasteiger partial charge in [-0.3, -0.25) is 4.40 Å². The van der Waals surface area contributed by atoms with E-state index in [1.807, 2.05) is 30.3 Å². The molecule has 3 spiro atoms. The summed E-state index contributed by atoms with van der Waals surface area (Å²) in [6.07, 6.45) is 0. The molecule has 28 rings (SSSR count). The van der Waals surface area contributed by atoms with Gasteiger partial charge in [0.15, 0.2) is 5.01 Å². The summed E-state index contributed by atoms with van der Waals surface area (Å²) in [6, 6.07) is 153. The number of ether oxygens (including phenoxy) is 3. The maximum Gasteiger partial charge on any atom is 0.151 e. The second-order valence-electron chi connectivity index (χ2n) is 33.1. The zero-order chi connectivity index (χ0) is 82.8. The van der Waals surface area contributed by atoms with Crippen LogP contribution in [0.5, 0.6) is 34.5 Å². The Morgan fingerprint density at radius 3 is 1.13 bits per heavy atom. The van der Waals surface area contributed by atoms with Crippen molar-refractivity contribution in [3.8, 4) is 123 Å². The predicted molar refractivity (Wildman–Crippen MR) is 509 cm³/mol. The Hall–Kier alpha value is -16.2. The largest absolute Gasteiger partial charge is 0.456 e. The molecule has 9 heteroatoms. The fourth-order valence-corrected chi connectivity index (χ4v) is 22.8. The van der Waals surface area contributed by atoms with Crippen LogP contribution in [0.25, 0.3) is 137 Å². The van der Waals surface area contributed by atoms with Gasteiger partial charge < -0.3 is 14.2 Å². The molecule has 0 atom stereocenters. The van der Waals surface area contributed by atoms with Crippen molar-refractivity contribution in [3.63, 3.8) is 0 Å². The summed E-state index contributed by atoms with van der Waals surface area (Å²) in [4.78, 5) is 10.4. The smallest absolute Gasteiger partial charge is 0.151 e. The Labute approximate surface area is 730 Å². The molecule has 3 aliphatic heterocycles. The summed E-state index contributed by atoms with van der Waals surface area (Å²) in [5, 5.41) is 15.5. The van der Waals surface area contributed by atoms with Crippen LogP contribution in [0.3, 0.4) is 0 Å². The van der Waals surface area contributed by atoms with E-state index in [0.717, 1.165) is 139 Å². The average molecular weight is 1630 g/mol. The molecule has 3 aliphatic carbocycles. The highest BCUT2D eigenvalue weighted by Gasteiger charge is 2.55. The van der Waals surface area contributed by atoms with Crippen LogP contribution in [-0.4, -0.2) is 24.6 Å². The summed E-state index contributed by atoms with van der Waals surface area (Å²) in [7, 11) is 0. The zero-order valence-corrected chi connectivity index (χ0v) is 68.7. The molecule has 588 valence electrons. The van der Waals surface area contributed by atoms with E-state index in [0.29, 0.717) is 0 Å². The SMILES string of the molecule is c1ccc(-c2ccc3cccc(-c4cccc5c4Oc4ccccc4C54c5ccccc5-c5ccccc54)c3n2)cc1.c1ccc(-c2nnc(-c3cccc4c3Oc3ccccc3C43c4ccccc4-c4ccccc43)s2)cc1.c1ccc2c(c1)Oc1c(-c3ccc4c5ccccc5n5c6ccccc6nc5c4c3)cccc1C21c2ccccc2-c2ccccc21. The van der Waals surface area contributed by atoms with E-state index in [4.69, 9.17) is 24.2 Å². The highest BCUT2D eigenvalue weighted by molar-refractivity contribution is 7.18. The fourth-order valence-electron chi connectivity index (χ4n) is 21.9. The molecule has 22 aromatic rings. The van der Waals surface area contributed by atoms with Crippen LogP contribution < -0.4 is 14.2 Å². The molecule has 0 radical (unpaired) electrons. The van der Waals surface area contributed by atoms with E-state index >= 15 is 0 Å². The van der Waals surface area contributed by atoms with Crippen LogP contribution in [0.1, 0.15) is 66.8 Å². The van der Waals surface area contributed by atoms with Gasteiger partial charge in [-0.25, -0.2) is 9.97 Å². The first kappa shape index (κ1) is 71.5. The van der Waals surface area contributed by atoms with E-state index in [9.17, 15) is 0 Å². The number of nitrogens with zero attached hydrogens (tertiary/aromatic N) is 5. The first-order valence-electron chi connectivity index (χ1n) is 42.9. The Bertz CT molecular complexity index is 8180. The van der Waals surface area contributed by atoms with E-state index in [1.165, 1.54) is 99.8 Å². The van der Waals surface area contributed by atoms with Crippen LogP contribution in [0.2, 0.25) is 0 Å². The minimum absolute atomic E-state index is 0.472. The first-order chi connectivity index (χ1) is 62.5. The van der Waals surface area contributed by atoms with Gasteiger partial charge >= 0.3 is 0 Å². The molecular formula is C117H71N5O3S. The maximum absolute atomic E-state index is 6.98. The van der Waals surface area contributed by atoms with Crippen molar-refractivity contribution >= 4 is 60.6 Å². The van der Waals surface area contributed by atoms with E-state index in [1.54, 1.807) is 11.3 Å². The van der Waals surface area contributed by atoms with Crippen molar-refractivity contribution in [2.75, 3.05) is 0 Å². The molecule has 8 nitrogen and oxygen atoms in total. The summed E-state index contributed by atoms with van der Waals surface area (Å²) >= 11 is 1.59. The standard InChI is InChI=1S/C44H26N2O.C40H25NO.C33H20N2OS/c1-4-16-34-30(12-1)31-13-2-5-17-35(31)44(34)36-18-6-10-23-41(36)47-42-28(15-11-19-37(42)44)27-24-25-29-32-14-3-8-21-39(32)46-40-22-9-7-20-38(40)45-43(46)33(29)26-27;1-2-12-26(13-3-1)36-25-24-27-14-10-17-30(38(27)41-36)31-18-11-22-35-39(31)42-37-23-9-8-21-34(37)40(35)32-19-6-4-15-28(32)29-16-5-7-20-33(29)40;1-2-11-21(12-3-1)31-34-35-32(37-31)24-15-10-19-28-30(24)36-29-20-9-8-18-27(29)33(28)25-16-6-4-13-22(25)23-14-5-7-17-26(23)33/h1-26H;1-25H;1-20H. The lowest BCUT2D eigenvalue weighted by molar-refractivity contribution is 0.438. The van der Waals surface area contributed by atoms with Crippen LogP contribution in [-0.2, 0) is 16.2 Å². The summed E-state index contributed by atoms with van der Waals surface area (Å²) in [5.74, 6) is 5.31. The second kappa shape index (κ2) is 27.9. The van der Waals surface area contributed by atoms with Crippen molar-refractivity contribution in [3.05, 3.63) is 497 Å². The summed E-state index contributed by atoms with van der Waals surface area (Å²) in [5.41, 5.74) is 34.5. The molecule has 0 fully saturated rings. The van der Waals surface area contributed by atoms with Crippen molar-refractivity contribution < 1.29 is 14.2 Å². The molecule has 6 aliphatic rings. The van der Waals surface area contributed by atoms with Gasteiger partial charge in [0.25, 0.3) is 0 Å². The normalized spacial score (nSPS) is 13.8. The van der Waals surface area contributed by atoms with Crippen molar-refractivity contribution in [1.82, 2.24) is 24.6 Å². The van der Waals surface area contributed by atoms with E-state index < -0.39 is 16.2 Å². The number of para-hydroxylation sites is 10. The summed E-state index contributed by atoms with van der Waals surface area (Å²) in [6.45, 7) is 0. The fraction of sp³-hybridized carbons (Fsp3) is 0.0256. The third-order valence-electron chi connectivity index (χ3n) is 26.9. The van der Waals surface area contributed by atoms with Gasteiger partial charge in [-0.2, -0.15) is 0 Å².